The van der Waals surface area contributed by atoms with E-state index in [9.17, 15) is 26.8 Å². The Labute approximate surface area is 278 Å². The lowest BCUT2D eigenvalue weighted by Crippen LogP contribution is -2.51. The summed E-state index contributed by atoms with van der Waals surface area (Å²) in [5.74, 6) is -1.59. The van der Waals surface area contributed by atoms with E-state index in [1.54, 1.807) is 12.1 Å². The number of anilines is 1. The van der Waals surface area contributed by atoms with Crippen LogP contribution in [-0.2, 0) is 39.1 Å². The molecule has 0 aliphatic rings. The van der Waals surface area contributed by atoms with Crippen molar-refractivity contribution < 1.29 is 31.5 Å². The highest BCUT2D eigenvalue weighted by Crippen LogP contribution is 2.21. The van der Waals surface area contributed by atoms with Gasteiger partial charge in [0.25, 0.3) is 15.9 Å². The maximum atomic E-state index is 13.9. The molecule has 246 valence electrons. The van der Waals surface area contributed by atoms with Crippen LogP contribution in [0, 0.1) is 11.6 Å². The summed E-state index contributed by atoms with van der Waals surface area (Å²) in [6.45, 7) is -0.200. The summed E-state index contributed by atoms with van der Waals surface area (Å²) in [6.07, 6.45) is 0.210. The van der Waals surface area contributed by atoms with Crippen LogP contribution >= 0.6 is 0 Å². The predicted molar refractivity (Wildman–Crippen MR) is 178 cm³/mol. The number of halogens is 2. The molecule has 48 heavy (non-hydrogen) atoms. The number of benzene rings is 5. The monoisotopic (exact) mass is 669 g/mol. The zero-order chi connectivity index (χ0) is 33.9. The molecule has 0 aliphatic carbocycles. The topological polar surface area (TPSA) is 105 Å². The average Bonchev–Trinajstić information content (AvgIpc) is 3.10. The van der Waals surface area contributed by atoms with Crippen molar-refractivity contribution in [2.45, 2.75) is 30.4 Å². The lowest BCUT2D eigenvalue weighted by atomic mass is 10.0. The zero-order valence-corrected chi connectivity index (χ0v) is 26.6. The molecule has 0 saturated carbocycles. The summed E-state index contributed by atoms with van der Waals surface area (Å²) in [5, 5.41) is 2.95. The van der Waals surface area contributed by atoms with Gasteiger partial charge in [0.05, 0.1) is 4.90 Å². The largest absolute Gasteiger partial charge is 0.484 e. The van der Waals surface area contributed by atoms with Gasteiger partial charge in [-0.25, -0.2) is 17.2 Å². The van der Waals surface area contributed by atoms with Crippen LogP contribution in [0.15, 0.2) is 138 Å². The van der Waals surface area contributed by atoms with Crippen LogP contribution in [0.3, 0.4) is 0 Å². The molecule has 0 saturated heterocycles. The third kappa shape index (κ3) is 9.49. The highest BCUT2D eigenvalue weighted by Gasteiger charge is 2.31. The fourth-order valence-electron chi connectivity index (χ4n) is 4.92. The number of hydrogen-bond donors (Lipinski definition) is 2. The van der Waals surface area contributed by atoms with Gasteiger partial charge in [0.15, 0.2) is 6.61 Å². The van der Waals surface area contributed by atoms with Crippen LogP contribution in [0.25, 0.3) is 0 Å². The lowest BCUT2D eigenvalue weighted by Gasteiger charge is -2.31. The first-order valence-electron chi connectivity index (χ1n) is 15.1. The van der Waals surface area contributed by atoms with E-state index in [-0.39, 0.29) is 41.7 Å². The quantitative estimate of drug-likeness (QED) is 0.149. The maximum Gasteiger partial charge on any atom is 0.261 e. The molecular weight excluding hydrogens is 636 g/mol. The first-order valence-corrected chi connectivity index (χ1v) is 16.6. The van der Waals surface area contributed by atoms with Crippen molar-refractivity contribution in [3.8, 4) is 5.75 Å². The third-order valence-corrected chi connectivity index (χ3v) is 8.84. The Kier molecular flexibility index (Phi) is 11.1. The Morgan fingerprint density at radius 2 is 1.25 bits per heavy atom. The van der Waals surface area contributed by atoms with Gasteiger partial charge in [-0.05, 0) is 77.4 Å². The summed E-state index contributed by atoms with van der Waals surface area (Å²) >= 11 is 0. The molecule has 0 fully saturated rings. The van der Waals surface area contributed by atoms with Gasteiger partial charge in [-0.3, -0.25) is 14.3 Å². The van der Waals surface area contributed by atoms with Crippen molar-refractivity contribution in [2.75, 3.05) is 11.3 Å². The molecule has 0 bridgehead atoms. The van der Waals surface area contributed by atoms with E-state index in [0.717, 1.165) is 23.3 Å². The number of nitrogens with one attached hydrogen (secondary N) is 2. The SMILES string of the molecule is O=C(NCc1ccccc1)[C@H](Cc1ccccc1)N(Cc1ccc(F)cc1)C(=O)COc1ccc(S(=O)(=O)Nc2ccc(F)cc2)cc1. The van der Waals surface area contributed by atoms with Crippen LogP contribution in [0.5, 0.6) is 5.75 Å². The highest BCUT2D eigenvalue weighted by molar-refractivity contribution is 7.92. The Morgan fingerprint density at radius 1 is 0.688 bits per heavy atom. The van der Waals surface area contributed by atoms with Gasteiger partial charge in [-0.2, -0.15) is 0 Å². The van der Waals surface area contributed by atoms with Crippen LogP contribution in [0.2, 0.25) is 0 Å². The van der Waals surface area contributed by atoms with Crippen molar-refractivity contribution in [1.29, 1.82) is 0 Å². The molecule has 5 aromatic rings. The van der Waals surface area contributed by atoms with E-state index >= 15 is 0 Å². The minimum absolute atomic E-state index is 0.00493. The van der Waals surface area contributed by atoms with Gasteiger partial charge < -0.3 is 15.0 Å². The summed E-state index contributed by atoms with van der Waals surface area (Å²) in [7, 11) is -3.98. The molecule has 5 aromatic carbocycles. The fourth-order valence-corrected chi connectivity index (χ4v) is 5.98. The highest BCUT2D eigenvalue weighted by atomic mass is 32.2. The molecule has 0 radical (unpaired) electrons. The molecule has 0 spiro atoms. The summed E-state index contributed by atoms with van der Waals surface area (Å²) in [6, 6.07) is 33.8. The molecule has 5 rings (SSSR count). The molecule has 2 amide bonds. The second kappa shape index (κ2) is 15.8. The number of amides is 2. The molecule has 0 heterocycles. The van der Waals surface area contributed by atoms with E-state index in [1.807, 2.05) is 60.7 Å². The van der Waals surface area contributed by atoms with Crippen molar-refractivity contribution >= 4 is 27.5 Å². The van der Waals surface area contributed by atoms with Gasteiger partial charge in [-0.15, -0.1) is 0 Å². The Bertz CT molecular complexity index is 1910. The van der Waals surface area contributed by atoms with E-state index in [4.69, 9.17) is 4.74 Å². The Morgan fingerprint density at radius 3 is 1.85 bits per heavy atom. The number of sulfonamides is 1. The van der Waals surface area contributed by atoms with Crippen LogP contribution < -0.4 is 14.8 Å². The molecule has 0 aliphatic heterocycles. The van der Waals surface area contributed by atoms with Crippen molar-refractivity contribution in [2.24, 2.45) is 0 Å². The van der Waals surface area contributed by atoms with Crippen molar-refractivity contribution in [3.63, 3.8) is 0 Å². The summed E-state index contributed by atoms with van der Waals surface area (Å²) in [4.78, 5) is 29.0. The van der Waals surface area contributed by atoms with Crippen LogP contribution in [0.1, 0.15) is 16.7 Å². The molecular formula is C37H33F2N3O5S. The zero-order valence-electron chi connectivity index (χ0n) is 25.8. The first kappa shape index (κ1) is 33.8. The second-order valence-electron chi connectivity index (χ2n) is 10.9. The van der Waals surface area contributed by atoms with Gasteiger partial charge in [0.1, 0.15) is 23.4 Å². The molecule has 0 aromatic heterocycles. The number of nitrogens with zero attached hydrogens (tertiary/aromatic N) is 1. The average molecular weight is 670 g/mol. The normalized spacial score (nSPS) is 11.7. The number of carbonyl (C=O) groups excluding carboxylic acids is 2. The standard InChI is InChI=1S/C37H33F2N3O5S/c38-30-13-11-29(12-14-30)25-42(35(23-27-7-3-1-4-8-27)37(44)40-24-28-9-5-2-6-10-28)36(43)26-47-33-19-21-34(22-20-33)48(45,46)41-32-17-15-31(39)16-18-32/h1-22,35,41H,23-26H2,(H,40,44)/t35-/m0/s1. The first-order chi connectivity index (χ1) is 23.2. The second-order valence-corrected chi connectivity index (χ2v) is 12.6. The molecule has 1 atom stereocenters. The molecule has 0 unspecified atom stereocenters. The number of ether oxygens (including phenoxy) is 1. The van der Waals surface area contributed by atoms with Crippen LogP contribution in [-0.4, -0.2) is 37.8 Å². The smallest absolute Gasteiger partial charge is 0.261 e. The van der Waals surface area contributed by atoms with E-state index in [0.29, 0.717) is 5.56 Å². The van der Waals surface area contributed by atoms with Gasteiger partial charge in [0, 0.05) is 25.2 Å². The number of hydrogen-bond acceptors (Lipinski definition) is 5. The molecule has 8 nitrogen and oxygen atoms in total. The summed E-state index contributed by atoms with van der Waals surface area (Å²) in [5.41, 5.74) is 2.53. The van der Waals surface area contributed by atoms with Crippen molar-refractivity contribution in [3.05, 3.63) is 162 Å². The maximum absolute atomic E-state index is 13.9. The minimum atomic E-state index is -3.98. The number of rotatable bonds is 14. The van der Waals surface area contributed by atoms with Crippen LogP contribution in [0.4, 0.5) is 14.5 Å². The van der Waals surface area contributed by atoms with Gasteiger partial charge in [-0.1, -0.05) is 72.8 Å². The fraction of sp³-hybridized carbons (Fsp3) is 0.135. The predicted octanol–water partition coefficient (Wildman–Crippen LogP) is 6.10. The third-order valence-electron chi connectivity index (χ3n) is 7.44. The minimum Gasteiger partial charge on any atom is -0.484 e. The van der Waals surface area contributed by atoms with Gasteiger partial charge >= 0.3 is 0 Å². The van der Waals surface area contributed by atoms with Crippen molar-refractivity contribution in [1.82, 2.24) is 10.2 Å². The molecule has 2 N–H and O–H groups in total. The molecule has 11 heteroatoms. The lowest BCUT2D eigenvalue weighted by molar-refractivity contribution is -0.142. The number of carbonyl (C=O) groups is 2. The summed E-state index contributed by atoms with van der Waals surface area (Å²) < 4.78 is 60.7. The van der Waals surface area contributed by atoms with E-state index < -0.39 is 40.2 Å². The Balaban J connectivity index is 1.34. The van der Waals surface area contributed by atoms with Gasteiger partial charge in [0.2, 0.25) is 5.91 Å². The van der Waals surface area contributed by atoms with E-state index in [2.05, 4.69) is 10.0 Å². The van der Waals surface area contributed by atoms with E-state index in [1.165, 1.54) is 53.4 Å². The Hall–Kier alpha value is -5.55.